The number of rotatable bonds is 4. The first-order chi connectivity index (χ1) is 11.8. The summed E-state index contributed by atoms with van der Waals surface area (Å²) in [5, 5.41) is 9.65. The van der Waals surface area contributed by atoms with Gasteiger partial charge in [0.05, 0.1) is 21.8 Å². The van der Waals surface area contributed by atoms with E-state index >= 15 is 0 Å². The monoisotopic (exact) mass is 375 g/mol. The fourth-order valence-electron chi connectivity index (χ4n) is 2.36. The molecule has 25 heavy (non-hydrogen) atoms. The van der Waals surface area contributed by atoms with Gasteiger partial charge in [-0.3, -0.25) is 9.78 Å². The predicted molar refractivity (Wildman–Crippen MR) is 97.8 cm³/mol. The van der Waals surface area contributed by atoms with Crippen molar-refractivity contribution >= 4 is 28.4 Å². The van der Waals surface area contributed by atoms with Crippen molar-refractivity contribution in [2.45, 2.75) is 19.3 Å². The van der Waals surface area contributed by atoms with Gasteiger partial charge in [-0.05, 0) is 49.7 Å². The molecule has 2 aromatic heterocycles. The number of carbonyl (C=O) groups is 1. The van der Waals surface area contributed by atoms with Crippen LogP contribution in [0.5, 0.6) is 5.75 Å². The van der Waals surface area contributed by atoms with Crippen molar-refractivity contribution in [1.82, 2.24) is 15.0 Å². The topological polar surface area (TPSA) is 78.9 Å². The molecule has 0 aliphatic carbocycles. The molecule has 0 fully saturated rings. The first-order valence-electron chi connectivity index (χ1n) is 7.50. The lowest BCUT2D eigenvalue weighted by Crippen LogP contribution is -2.26. The molecule has 128 valence electrons. The third-order valence-electron chi connectivity index (χ3n) is 3.98. The second-order valence-electron chi connectivity index (χ2n) is 6.11. The van der Waals surface area contributed by atoms with Gasteiger partial charge in [0.25, 0.3) is 0 Å². The van der Waals surface area contributed by atoms with Crippen molar-refractivity contribution in [3.63, 3.8) is 0 Å². The van der Waals surface area contributed by atoms with Gasteiger partial charge in [0.2, 0.25) is 5.24 Å². The molecule has 2 N–H and O–H groups in total. The molecule has 7 heteroatoms. The summed E-state index contributed by atoms with van der Waals surface area (Å²) in [5.74, 6) is 0.390. The van der Waals surface area contributed by atoms with Crippen LogP contribution in [-0.2, 0) is 10.2 Å². The van der Waals surface area contributed by atoms with Crippen LogP contribution in [0.2, 0.25) is 5.02 Å². The number of nitrogens with zero attached hydrogens (tertiary/aromatic N) is 2. The normalized spacial score (nSPS) is 11.5. The van der Waals surface area contributed by atoms with Crippen LogP contribution < -0.4 is 0 Å². The number of hydrogen-bond acceptors (Lipinski definition) is 4. The molecule has 2 heterocycles. The number of pyridine rings is 1. The maximum atomic E-state index is 11.8. The second-order valence-corrected chi connectivity index (χ2v) is 6.86. The van der Waals surface area contributed by atoms with Gasteiger partial charge in [0.15, 0.2) is 0 Å². The minimum absolute atomic E-state index is 0.0444. The van der Waals surface area contributed by atoms with Gasteiger partial charge >= 0.3 is 0 Å². The van der Waals surface area contributed by atoms with E-state index in [-0.39, 0.29) is 10.8 Å². The van der Waals surface area contributed by atoms with Crippen LogP contribution in [0.15, 0.2) is 42.7 Å². The van der Waals surface area contributed by atoms with Crippen LogP contribution in [0.4, 0.5) is 0 Å². The highest BCUT2D eigenvalue weighted by Gasteiger charge is 2.33. The lowest BCUT2D eigenvalue weighted by atomic mass is 9.95. The first kappa shape index (κ1) is 17.5. The molecule has 0 aliphatic rings. The lowest BCUT2D eigenvalue weighted by Gasteiger charge is -2.15. The molecule has 0 aliphatic heterocycles. The number of halogens is 2. The number of phenols is 1. The van der Waals surface area contributed by atoms with Crippen molar-refractivity contribution in [2.75, 3.05) is 0 Å². The van der Waals surface area contributed by atoms with Gasteiger partial charge in [0, 0.05) is 23.5 Å². The van der Waals surface area contributed by atoms with E-state index in [1.54, 1.807) is 38.4 Å². The largest absolute Gasteiger partial charge is 0.506 e. The summed E-state index contributed by atoms with van der Waals surface area (Å²) < 4.78 is 0. The number of aromatic hydroxyl groups is 1. The zero-order chi connectivity index (χ0) is 18.2. The van der Waals surface area contributed by atoms with Crippen LogP contribution in [0.3, 0.4) is 0 Å². The summed E-state index contributed by atoms with van der Waals surface area (Å²) in [5.41, 5.74) is 1.80. The molecule has 0 amide bonds. The van der Waals surface area contributed by atoms with Crippen LogP contribution in [-0.4, -0.2) is 25.3 Å². The van der Waals surface area contributed by atoms with Crippen molar-refractivity contribution in [2.24, 2.45) is 0 Å². The van der Waals surface area contributed by atoms with Gasteiger partial charge in [-0.2, -0.15) is 0 Å². The van der Waals surface area contributed by atoms with E-state index in [0.29, 0.717) is 22.8 Å². The van der Waals surface area contributed by atoms with Crippen molar-refractivity contribution in [3.8, 4) is 28.3 Å². The average molecular weight is 376 g/mol. The summed E-state index contributed by atoms with van der Waals surface area (Å²) in [7, 11) is 0. The fraction of sp³-hybridized carbons (Fsp3) is 0.167. The summed E-state index contributed by atoms with van der Waals surface area (Å²) in [6.07, 6.45) is 3.33. The number of nitrogens with one attached hydrogen (secondary N) is 1. The molecule has 0 saturated carbocycles. The number of aromatic amines is 1. The van der Waals surface area contributed by atoms with E-state index in [2.05, 4.69) is 15.0 Å². The second kappa shape index (κ2) is 6.50. The van der Waals surface area contributed by atoms with E-state index in [4.69, 9.17) is 23.2 Å². The molecule has 0 atom stereocenters. The number of hydrogen-bond donors (Lipinski definition) is 2. The smallest absolute Gasteiger partial charge is 0.234 e. The Morgan fingerprint density at radius 3 is 2.44 bits per heavy atom. The molecule has 0 radical (unpaired) electrons. The van der Waals surface area contributed by atoms with Crippen LogP contribution in [0, 0.1) is 0 Å². The van der Waals surface area contributed by atoms with Gasteiger partial charge < -0.3 is 10.1 Å². The van der Waals surface area contributed by atoms with Gasteiger partial charge in [0.1, 0.15) is 11.6 Å². The first-order valence-corrected chi connectivity index (χ1v) is 8.26. The van der Waals surface area contributed by atoms with Crippen molar-refractivity contribution < 1.29 is 9.90 Å². The third kappa shape index (κ3) is 3.25. The molecule has 3 aromatic rings. The minimum Gasteiger partial charge on any atom is -0.506 e. The van der Waals surface area contributed by atoms with E-state index < -0.39 is 10.7 Å². The number of imidazole rings is 1. The zero-order valence-corrected chi connectivity index (χ0v) is 15.1. The zero-order valence-electron chi connectivity index (χ0n) is 13.5. The number of benzene rings is 1. The van der Waals surface area contributed by atoms with Gasteiger partial charge in [-0.1, -0.05) is 17.7 Å². The highest BCUT2D eigenvalue weighted by Crippen LogP contribution is 2.36. The Morgan fingerprint density at radius 1 is 1.16 bits per heavy atom. The summed E-state index contributed by atoms with van der Waals surface area (Å²) in [4.78, 5) is 23.6. The molecule has 5 nitrogen and oxygen atoms in total. The van der Waals surface area contributed by atoms with E-state index in [9.17, 15) is 9.90 Å². The highest BCUT2D eigenvalue weighted by atomic mass is 35.5. The van der Waals surface area contributed by atoms with Crippen molar-refractivity contribution in [3.05, 3.63) is 53.6 Å². The molecule has 1 aromatic carbocycles. The Kier molecular flexibility index (Phi) is 4.54. The summed E-state index contributed by atoms with van der Waals surface area (Å²) in [6.45, 7) is 3.39. The predicted octanol–water partition coefficient (Wildman–Crippen LogP) is 4.54. The summed E-state index contributed by atoms with van der Waals surface area (Å²) >= 11 is 11.6. The molecule has 3 rings (SSSR count). The fourth-order valence-corrected chi connectivity index (χ4v) is 2.57. The maximum absolute atomic E-state index is 11.8. The quantitative estimate of drug-likeness (QED) is 0.656. The van der Waals surface area contributed by atoms with Gasteiger partial charge in [-0.15, -0.1) is 0 Å². The minimum atomic E-state index is -0.990. The number of phenolic OH excluding ortho intramolecular Hbond substituents is 1. The van der Waals surface area contributed by atoms with E-state index in [1.807, 2.05) is 12.1 Å². The number of aromatic nitrogens is 3. The van der Waals surface area contributed by atoms with Crippen LogP contribution in [0.1, 0.15) is 19.7 Å². The molecular weight excluding hydrogens is 361 g/mol. The third-order valence-corrected chi connectivity index (χ3v) is 4.77. The molecular formula is C18H15Cl2N3O2. The Balaban J connectivity index is 2.24. The summed E-state index contributed by atoms with van der Waals surface area (Å²) in [6, 6.07) is 8.53. The van der Waals surface area contributed by atoms with Crippen molar-refractivity contribution in [1.29, 1.82) is 0 Å². The molecule has 0 spiro atoms. The van der Waals surface area contributed by atoms with Crippen LogP contribution in [0.25, 0.3) is 22.5 Å². The molecule has 0 unspecified atom stereocenters. The Bertz CT molecular complexity index is 937. The van der Waals surface area contributed by atoms with Crippen LogP contribution >= 0.6 is 23.2 Å². The molecule has 0 saturated heterocycles. The average Bonchev–Trinajstić information content (AvgIpc) is 3.04. The van der Waals surface area contributed by atoms with E-state index in [1.165, 1.54) is 6.07 Å². The molecule has 0 bridgehead atoms. The van der Waals surface area contributed by atoms with E-state index in [0.717, 1.165) is 5.56 Å². The van der Waals surface area contributed by atoms with Gasteiger partial charge in [-0.25, -0.2) is 4.98 Å². The Hall–Kier alpha value is -2.37. The standard InChI is InChI=1S/C18H15Cl2N3O2/c1-18(2,16(20)25)17-22-14(10-5-7-21-8-6-10)15(23-17)11-3-4-12(19)13(24)9-11/h3-9,24H,1-2H3,(H,22,23). The Morgan fingerprint density at radius 2 is 1.84 bits per heavy atom. The number of carbonyl (C=O) groups excluding carboxylic acids is 1. The number of H-pyrrole nitrogens is 1. The maximum Gasteiger partial charge on any atom is 0.234 e. The SMILES string of the molecule is CC(C)(C(=O)Cl)c1nc(-c2ccc(Cl)c(O)c2)c(-c2ccncc2)[nH]1. The Labute approximate surface area is 154 Å². The lowest BCUT2D eigenvalue weighted by molar-refractivity contribution is -0.115. The highest BCUT2D eigenvalue weighted by molar-refractivity contribution is 6.65.